The van der Waals surface area contributed by atoms with Crippen LogP contribution < -0.4 is 11.1 Å². The van der Waals surface area contributed by atoms with Crippen molar-refractivity contribution in [2.45, 2.75) is 6.54 Å². The van der Waals surface area contributed by atoms with E-state index < -0.39 is 0 Å². The van der Waals surface area contributed by atoms with Gasteiger partial charge in [0.15, 0.2) is 0 Å². The second-order valence-corrected chi connectivity index (χ2v) is 6.17. The Bertz CT molecular complexity index is 798. The van der Waals surface area contributed by atoms with Crippen LogP contribution in [0.25, 0.3) is 16.8 Å². The summed E-state index contributed by atoms with van der Waals surface area (Å²) >= 11 is 0. The molecule has 0 bridgehead atoms. The smallest absolute Gasteiger partial charge is 0.123 e. The summed E-state index contributed by atoms with van der Waals surface area (Å²) in [5.74, 6) is -0.264. The predicted molar refractivity (Wildman–Crippen MR) is 104 cm³/mol. The zero-order valence-corrected chi connectivity index (χ0v) is 14.7. The van der Waals surface area contributed by atoms with Crippen LogP contribution in [0.4, 0.5) is 4.39 Å². The van der Waals surface area contributed by atoms with Crippen molar-refractivity contribution in [1.29, 1.82) is 0 Å². The third-order valence-corrected chi connectivity index (χ3v) is 4.42. The van der Waals surface area contributed by atoms with E-state index in [0.717, 1.165) is 60.8 Å². The molecule has 2 heterocycles. The van der Waals surface area contributed by atoms with Gasteiger partial charge in [0, 0.05) is 43.9 Å². The Hall–Kier alpha value is -2.70. The van der Waals surface area contributed by atoms with E-state index in [2.05, 4.69) is 27.0 Å². The van der Waals surface area contributed by atoms with E-state index in [1.807, 2.05) is 12.2 Å². The molecule has 6 heteroatoms. The van der Waals surface area contributed by atoms with Gasteiger partial charge in [-0.1, -0.05) is 18.7 Å². The zero-order valence-electron chi connectivity index (χ0n) is 14.7. The molecule has 1 fully saturated rings. The molecule has 1 aliphatic rings. The first-order valence-corrected chi connectivity index (χ1v) is 8.70. The van der Waals surface area contributed by atoms with E-state index in [1.165, 1.54) is 18.3 Å². The lowest BCUT2D eigenvalue weighted by molar-refractivity contribution is 0.230. The number of benzene rings is 1. The summed E-state index contributed by atoms with van der Waals surface area (Å²) in [6, 6.07) is 6.40. The average Bonchev–Trinajstić information content (AvgIpc) is 3.06. The van der Waals surface area contributed by atoms with Crippen molar-refractivity contribution in [3.63, 3.8) is 0 Å². The molecule has 5 nitrogen and oxygen atoms in total. The van der Waals surface area contributed by atoms with Crippen LogP contribution in [0.2, 0.25) is 0 Å². The zero-order chi connectivity index (χ0) is 18.4. The van der Waals surface area contributed by atoms with Crippen LogP contribution in [-0.2, 0) is 6.54 Å². The summed E-state index contributed by atoms with van der Waals surface area (Å²) in [6.45, 7) is 8.44. The van der Waals surface area contributed by atoms with E-state index >= 15 is 0 Å². The Balaban J connectivity index is 2.04. The van der Waals surface area contributed by atoms with E-state index in [9.17, 15) is 4.39 Å². The van der Waals surface area contributed by atoms with E-state index in [0.29, 0.717) is 0 Å². The molecule has 26 heavy (non-hydrogen) atoms. The van der Waals surface area contributed by atoms with Crippen molar-refractivity contribution < 1.29 is 4.39 Å². The summed E-state index contributed by atoms with van der Waals surface area (Å²) < 4.78 is 13.3. The quantitative estimate of drug-likeness (QED) is 0.699. The van der Waals surface area contributed by atoms with Crippen LogP contribution in [0, 0.1) is 5.82 Å². The van der Waals surface area contributed by atoms with Gasteiger partial charge in [0.2, 0.25) is 0 Å². The van der Waals surface area contributed by atoms with Gasteiger partial charge >= 0.3 is 0 Å². The van der Waals surface area contributed by atoms with Gasteiger partial charge in [-0.25, -0.2) is 4.39 Å². The lowest BCUT2D eigenvalue weighted by atomic mass is 9.98. The van der Waals surface area contributed by atoms with Gasteiger partial charge < -0.3 is 11.1 Å². The maximum Gasteiger partial charge on any atom is 0.123 e. The van der Waals surface area contributed by atoms with E-state index in [-0.39, 0.29) is 5.82 Å². The Labute approximate surface area is 153 Å². The number of nitrogens with two attached hydrogens (primary N) is 1. The largest absolute Gasteiger partial charge is 0.405 e. The first-order valence-electron chi connectivity index (χ1n) is 8.70. The molecular weight excluding hydrogens is 329 g/mol. The number of hydrogen-bond acceptors (Lipinski definition) is 4. The Kier molecular flexibility index (Phi) is 5.99. The van der Waals surface area contributed by atoms with Crippen molar-refractivity contribution in [3.8, 4) is 11.3 Å². The molecule has 1 aliphatic heterocycles. The number of halogens is 1. The van der Waals surface area contributed by atoms with Crippen LogP contribution in [0.15, 0.2) is 55.3 Å². The highest BCUT2D eigenvalue weighted by Gasteiger charge is 2.20. The summed E-state index contributed by atoms with van der Waals surface area (Å²) in [5, 5.41) is 11.1. The number of piperazine rings is 1. The average molecular weight is 353 g/mol. The normalized spacial score (nSPS) is 16.3. The third kappa shape index (κ3) is 4.09. The van der Waals surface area contributed by atoms with Gasteiger partial charge in [0.05, 0.1) is 11.4 Å². The minimum Gasteiger partial charge on any atom is -0.405 e. The summed E-state index contributed by atoms with van der Waals surface area (Å²) in [4.78, 5) is 2.36. The number of aromatic amines is 1. The van der Waals surface area contributed by atoms with Crippen molar-refractivity contribution in [1.82, 2.24) is 20.4 Å². The molecule has 4 N–H and O–H groups in total. The highest BCUT2D eigenvalue weighted by molar-refractivity contribution is 5.85. The molecule has 0 saturated carbocycles. The fourth-order valence-corrected chi connectivity index (χ4v) is 3.16. The number of allylic oxidation sites excluding steroid dienone is 4. The maximum absolute atomic E-state index is 13.3. The molecule has 0 aliphatic carbocycles. The van der Waals surface area contributed by atoms with Crippen LogP contribution in [0.3, 0.4) is 0 Å². The molecule has 3 rings (SSSR count). The molecule has 136 valence electrons. The molecule has 1 saturated heterocycles. The van der Waals surface area contributed by atoms with E-state index in [4.69, 9.17) is 5.73 Å². The topological polar surface area (TPSA) is 70.0 Å². The monoisotopic (exact) mass is 353 g/mol. The van der Waals surface area contributed by atoms with Gasteiger partial charge in [-0.15, -0.1) is 0 Å². The molecule has 2 aromatic rings. The van der Waals surface area contributed by atoms with Gasteiger partial charge in [0.25, 0.3) is 0 Å². The summed E-state index contributed by atoms with van der Waals surface area (Å²) in [6.07, 6.45) is 6.97. The molecule has 0 atom stereocenters. The van der Waals surface area contributed by atoms with Crippen LogP contribution >= 0.6 is 0 Å². The lowest BCUT2D eigenvalue weighted by Crippen LogP contribution is -2.43. The number of rotatable bonds is 6. The van der Waals surface area contributed by atoms with E-state index in [1.54, 1.807) is 18.2 Å². The Morgan fingerprint density at radius 2 is 2.00 bits per heavy atom. The van der Waals surface area contributed by atoms with Crippen LogP contribution in [-0.4, -0.2) is 41.3 Å². The fraction of sp³-hybridized carbons (Fsp3) is 0.250. The van der Waals surface area contributed by atoms with Crippen LogP contribution in [0.1, 0.15) is 11.3 Å². The standard InChI is InChI=1S/C20H24FN5/c1-2-3-15(8-9-22)19-18(14-26-12-10-23-11-13-26)24-25-20(19)16-4-6-17(21)7-5-16/h2-9,23H,1,10-14,22H2,(H,24,25)/b9-8-,15-3+. The Morgan fingerprint density at radius 1 is 1.27 bits per heavy atom. The first-order chi connectivity index (χ1) is 12.7. The predicted octanol–water partition coefficient (Wildman–Crippen LogP) is 2.66. The highest BCUT2D eigenvalue weighted by Crippen LogP contribution is 2.31. The van der Waals surface area contributed by atoms with Gasteiger partial charge in [-0.2, -0.15) is 5.10 Å². The van der Waals surface area contributed by atoms with Gasteiger partial charge in [0.1, 0.15) is 5.82 Å². The van der Waals surface area contributed by atoms with Gasteiger partial charge in [-0.05, 0) is 42.1 Å². The second kappa shape index (κ2) is 8.60. The number of aromatic nitrogens is 2. The minimum absolute atomic E-state index is 0.264. The molecule has 0 spiro atoms. The molecule has 0 amide bonds. The molecule has 1 aromatic carbocycles. The number of H-pyrrole nitrogens is 1. The Morgan fingerprint density at radius 3 is 2.65 bits per heavy atom. The number of hydrogen-bond donors (Lipinski definition) is 3. The van der Waals surface area contributed by atoms with Gasteiger partial charge in [-0.3, -0.25) is 10.00 Å². The first kappa shape index (κ1) is 18.1. The maximum atomic E-state index is 13.3. The lowest BCUT2D eigenvalue weighted by Gasteiger charge is -2.26. The third-order valence-electron chi connectivity index (χ3n) is 4.42. The van der Waals surface area contributed by atoms with Crippen LogP contribution in [0.5, 0.6) is 0 Å². The number of nitrogens with one attached hydrogen (secondary N) is 2. The van der Waals surface area contributed by atoms with Crippen molar-refractivity contribution >= 4 is 5.57 Å². The SMILES string of the molecule is C=C/C=C(\C=C/N)c1c(CN2CCNCC2)n[nH]c1-c1ccc(F)cc1. The fourth-order valence-electron chi connectivity index (χ4n) is 3.16. The molecule has 1 aromatic heterocycles. The van der Waals surface area contributed by atoms with Crippen molar-refractivity contribution in [3.05, 3.63) is 72.3 Å². The highest BCUT2D eigenvalue weighted by atomic mass is 19.1. The number of nitrogens with zero attached hydrogens (tertiary/aromatic N) is 2. The summed E-state index contributed by atoms with van der Waals surface area (Å²) in [7, 11) is 0. The molecule has 0 radical (unpaired) electrons. The van der Waals surface area contributed by atoms with Crippen molar-refractivity contribution in [2.24, 2.45) is 5.73 Å². The minimum atomic E-state index is -0.264. The molecule has 0 unspecified atom stereocenters. The molecular formula is C20H24FN5. The second-order valence-electron chi connectivity index (χ2n) is 6.17. The summed E-state index contributed by atoms with van der Waals surface area (Å²) in [5.41, 5.74) is 10.2. The van der Waals surface area contributed by atoms with Crippen molar-refractivity contribution in [2.75, 3.05) is 26.2 Å².